The molecule has 2 heterocycles. The third-order valence-electron chi connectivity index (χ3n) is 3.96. The van der Waals surface area contributed by atoms with Crippen LogP contribution < -0.4 is 0 Å². The third kappa shape index (κ3) is 2.25. The number of likely N-dealkylation sites (N-methyl/N-ethyl adjacent to an activating group) is 1. The summed E-state index contributed by atoms with van der Waals surface area (Å²) in [6.45, 7) is 1.59. The summed E-state index contributed by atoms with van der Waals surface area (Å²) in [6, 6.07) is 0. The molecule has 0 aromatic heterocycles. The second-order valence-corrected chi connectivity index (χ2v) is 5.24. The highest BCUT2D eigenvalue weighted by Crippen LogP contribution is 2.32. The van der Waals surface area contributed by atoms with Crippen molar-refractivity contribution in [1.82, 2.24) is 9.80 Å². The lowest BCUT2D eigenvalue weighted by atomic mass is 10.1. The van der Waals surface area contributed by atoms with E-state index in [1.807, 2.05) is 18.0 Å². The molecule has 0 bridgehead atoms. The number of ether oxygens (including phenoxy) is 1. The molecule has 5 heteroatoms. The van der Waals surface area contributed by atoms with Crippen LogP contribution in [0.5, 0.6) is 0 Å². The minimum absolute atomic E-state index is 0.0612. The highest BCUT2D eigenvalue weighted by molar-refractivity contribution is 5.93. The van der Waals surface area contributed by atoms with Gasteiger partial charge in [0.05, 0.1) is 12.1 Å². The van der Waals surface area contributed by atoms with Crippen LogP contribution in [0.3, 0.4) is 0 Å². The SMILES string of the molecule is CN1C2=C(CC(=O)C=C2)OC1CCN1CCCC1=O. The Kier molecular flexibility index (Phi) is 3.05. The Morgan fingerprint density at radius 2 is 2.21 bits per heavy atom. The minimum Gasteiger partial charge on any atom is -0.472 e. The number of nitrogens with zero attached hydrogens (tertiary/aromatic N) is 2. The van der Waals surface area contributed by atoms with Crippen molar-refractivity contribution in [3.63, 3.8) is 0 Å². The monoisotopic (exact) mass is 262 g/mol. The van der Waals surface area contributed by atoms with E-state index < -0.39 is 0 Å². The maximum atomic E-state index is 11.6. The van der Waals surface area contributed by atoms with Gasteiger partial charge < -0.3 is 14.5 Å². The quantitative estimate of drug-likeness (QED) is 0.762. The second kappa shape index (κ2) is 4.72. The van der Waals surface area contributed by atoms with Crippen molar-refractivity contribution in [1.29, 1.82) is 0 Å². The van der Waals surface area contributed by atoms with Crippen LogP contribution in [0.4, 0.5) is 0 Å². The van der Waals surface area contributed by atoms with E-state index in [0.29, 0.717) is 12.8 Å². The van der Waals surface area contributed by atoms with E-state index in [-0.39, 0.29) is 17.9 Å². The predicted molar refractivity (Wildman–Crippen MR) is 68.9 cm³/mol. The van der Waals surface area contributed by atoms with Gasteiger partial charge in [-0.15, -0.1) is 0 Å². The van der Waals surface area contributed by atoms with Gasteiger partial charge in [-0.2, -0.15) is 0 Å². The first-order valence-electron chi connectivity index (χ1n) is 6.76. The van der Waals surface area contributed by atoms with Gasteiger partial charge in [0.15, 0.2) is 12.0 Å². The normalized spacial score (nSPS) is 26.3. The summed E-state index contributed by atoms with van der Waals surface area (Å²) in [7, 11) is 1.97. The molecule has 0 N–H and O–H groups in total. The van der Waals surface area contributed by atoms with Crippen LogP contribution in [0.15, 0.2) is 23.6 Å². The summed E-state index contributed by atoms with van der Waals surface area (Å²) in [6.07, 6.45) is 6.13. The largest absolute Gasteiger partial charge is 0.472 e. The zero-order valence-corrected chi connectivity index (χ0v) is 11.1. The first kappa shape index (κ1) is 12.3. The fourth-order valence-corrected chi connectivity index (χ4v) is 2.85. The molecule has 3 aliphatic rings. The summed E-state index contributed by atoms with van der Waals surface area (Å²) in [5.74, 6) is 1.10. The smallest absolute Gasteiger partial charge is 0.222 e. The Morgan fingerprint density at radius 3 is 2.95 bits per heavy atom. The van der Waals surface area contributed by atoms with Crippen molar-refractivity contribution >= 4 is 11.7 Å². The first-order chi connectivity index (χ1) is 9.15. The molecule has 1 unspecified atom stereocenters. The van der Waals surface area contributed by atoms with Crippen molar-refractivity contribution in [3.8, 4) is 0 Å². The lowest BCUT2D eigenvalue weighted by Gasteiger charge is -2.24. The lowest BCUT2D eigenvalue weighted by molar-refractivity contribution is -0.128. The van der Waals surface area contributed by atoms with E-state index in [2.05, 4.69) is 4.90 Å². The van der Waals surface area contributed by atoms with Gasteiger partial charge in [0.25, 0.3) is 0 Å². The van der Waals surface area contributed by atoms with Crippen molar-refractivity contribution in [2.75, 3.05) is 20.1 Å². The van der Waals surface area contributed by atoms with Gasteiger partial charge in [0.1, 0.15) is 5.76 Å². The molecule has 0 radical (unpaired) electrons. The molecule has 0 aromatic rings. The van der Waals surface area contributed by atoms with Crippen LogP contribution in [0.2, 0.25) is 0 Å². The molecule has 2 aliphatic heterocycles. The Labute approximate surface area is 112 Å². The molecule has 102 valence electrons. The molecule has 1 atom stereocenters. The second-order valence-electron chi connectivity index (χ2n) is 5.24. The summed E-state index contributed by atoms with van der Waals surface area (Å²) in [5, 5.41) is 0. The molecule has 1 amide bonds. The van der Waals surface area contributed by atoms with Crippen LogP contribution in [-0.4, -0.2) is 47.9 Å². The van der Waals surface area contributed by atoms with Gasteiger partial charge in [-0.25, -0.2) is 0 Å². The van der Waals surface area contributed by atoms with Gasteiger partial charge in [0.2, 0.25) is 5.91 Å². The molecule has 0 spiro atoms. The van der Waals surface area contributed by atoms with Crippen LogP contribution in [0, 0.1) is 0 Å². The van der Waals surface area contributed by atoms with E-state index >= 15 is 0 Å². The molecule has 5 nitrogen and oxygen atoms in total. The lowest BCUT2D eigenvalue weighted by Crippen LogP contribution is -2.33. The number of amides is 1. The maximum absolute atomic E-state index is 11.6. The number of rotatable bonds is 3. The predicted octanol–water partition coefficient (Wildman–Crippen LogP) is 1.03. The van der Waals surface area contributed by atoms with Crippen LogP contribution in [0.25, 0.3) is 0 Å². The molecule has 0 saturated carbocycles. The van der Waals surface area contributed by atoms with Crippen LogP contribution in [-0.2, 0) is 14.3 Å². The zero-order chi connectivity index (χ0) is 13.4. The highest BCUT2D eigenvalue weighted by atomic mass is 16.5. The highest BCUT2D eigenvalue weighted by Gasteiger charge is 2.32. The summed E-state index contributed by atoms with van der Waals surface area (Å²) in [4.78, 5) is 26.9. The van der Waals surface area contributed by atoms with Gasteiger partial charge in [0, 0.05) is 33.0 Å². The number of ketones is 1. The van der Waals surface area contributed by atoms with Crippen molar-refractivity contribution in [2.45, 2.75) is 31.9 Å². The molecule has 0 aromatic carbocycles. The molecular formula is C14H18N2O3. The number of allylic oxidation sites excluding steroid dienone is 3. The molecule has 19 heavy (non-hydrogen) atoms. The minimum atomic E-state index is -0.0612. The van der Waals surface area contributed by atoms with E-state index in [1.165, 1.54) is 0 Å². The van der Waals surface area contributed by atoms with Gasteiger partial charge in [-0.3, -0.25) is 9.59 Å². The molecule has 1 aliphatic carbocycles. The van der Waals surface area contributed by atoms with Crippen molar-refractivity contribution in [3.05, 3.63) is 23.6 Å². The summed E-state index contributed by atoms with van der Waals surface area (Å²) in [5.41, 5.74) is 0.998. The zero-order valence-electron chi connectivity index (χ0n) is 11.1. The Balaban J connectivity index is 1.58. The number of likely N-dealkylation sites (tertiary alicyclic amines) is 1. The topological polar surface area (TPSA) is 49.9 Å². The van der Waals surface area contributed by atoms with E-state index in [4.69, 9.17) is 4.74 Å². The fraction of sp³-hybridized carbons (Fsp3) is 0.571. The Bertz CT molecular complexity index is 481. The Hall–Kier alpha value is -1.78. The number of carbonyl (C=O) groups is 2. The fourth-order valence-electron chi connectivity index (χ4n) is 2.85. The van der Waals surface area contributed by atoms with Gasteiger partial charge in [-0.05, 0) is 18.6 Å². The first-order valence-corrected chi connectivity index (χ1v) is 6.76. The van der Waals surface area contributed by atoms with Crippen molar-refractivity contribution < 1.29 is 14.3 Å². The number of hydrogen-bond donors (Lipinski definition) is 0. The molecule has 3 rings (SSSR count). The average molecular weight is 262 g/mol. The van der Waals surface area contributed by atoms with E-state index in [1.54, 1.807) is 6.08 Å². The van der Waals surface area contributed by atoms with E-state index in [9.17, 15) is 9.59 Å². The molecular weight excluding hydrogens is 244 g/mol. The molecule has 1 fully saturated rings. The Morgan fingerprint density at radius 1 is 1.37 bits per heavy atom. The van der Waals surface area contributed by atoms with E-state index in [0.717, 1.165) is 37.4 Å². The van der Waals surface area contributed by atoms with Crippen LogP contribution in [0.1, 0.15) is 25.7 Å². The van der Waals surface area contributed by atoms with Gasteiger partial charge in [-0.1, -0.05) is 0 Å². The average Bonchev–Trinajstić information content (AvgIpc) is 2.91. The molecule has 1 saturated heterocycles. The number of carbonyl (C=O) groups excluding carboxylic acids is 2. The third-order valence-corrected chi connectivity index (χ3v) is 3.96. The summed E-state index contributed by atoms with van der Waals surface area (Å²) < 4.78 is 5.84. The van der Waals surface area contributed by atoms with Crippen LogP contribution >= 0.6 is 0 Å². The standard InChI is InChI=1S/C14H18N2O3/c1-15-11-5-4-10(17)9-12(11)19-14(15)6-8-16-7-2-3-13(16)18/h4-5,14H,2-3,6-9H2,1H3. The summed E-state index contributed by atoms with van der Waals surface area (Å²) >= 11 is 0. The number of hydrogen-bond acceptors (Lipinski definition) is 4. The van der Waals surface area contributed by atoms with Crippen molar-refractivity contribution in [2.24, 2.45) is 0 Å². The van der Waals surface area contributed by atoms with Gasteiger partial charge >= 0.3 is 0 Å². The maximum Gasteiger partial charge on any atom is 0.222 e.